The van der Waals surface area contributed by atoms with Gasteiger partial charge in [-0.05, 0) is 55.3 Å². The minimum absolute atomic E-state index is 0.762. The van der Waals surface area contributed by atoms with E-state index in [-0.39, 0.29) is 0 Å². The molecule has 4 rings (SSSR count). The zero-order valence-electron chi connectivity index (χ0n) is 13.4. The molecule has 5 heteroatoms. The molecule has 0 amide bonds. The molecule has 0 radical (unpaired) electrons. The Morgan fingerprint density at radius 1 is 1.12 bits per heavy atom. The lowest BCUT2D eigenvalue weighted by molar-refractivity contribution is 0.440. The number of nitrogens with one attached hydrogen (secondary N) is 1. The topological polar surface area (TPSA) is 50.8 Å². The maximum atomic E-state index is 6.12. The Bertz CT molecular complexity index is 944. The number of halogens is 1. The van der Waals surface area contributed by atoms with Gasteiger partial charge in [-0.1, -0.05) is 23.7 Å². The van der Waals surface area contributed by atoms with Gasteiger partial charge < -0.3 is 4.74 Å². The molecule has 1 N–H and O–H groups in total. The van der Waals surface area contributed by atoms with Crippen molar-refractivity contribution in [2.24, 2.45) is 0 Å². The first-order valence-electron chi connectivity index (χ1n) is 8.09. The van der Waals surface area contributed by atoms with Crippen molar-refractivity contribution in [3.8, 4) is 28.3 Å². The first-order valence-corrected chi connectivity index (χ1v) is 8.47. The third-order valence-electron chi connectivity index (χ3n) is 3.97. The second kappa shape index (κ2) is 6.95. The van der Waals surface area contributed by atoms with Gasteiger partial charge in [0.05, 0.1) is 11.4 Å². The second-order valence-electron chi connectivity index (χ2n) is 5.74. The van der Waals surface area contributed by atoms with E-state index < -0.39 is 0 Å². The van der Waals surface area contributed by atoms with E-state index in [2.05, 4.69) is 21.3 Å². The molecule has 1 aliphatic rings. The molecule has 2 aromatic heterocycles. The van der Waals surface area contributed by atoms with Crippen LogP contribution in [0.25, 0.3) is 22.5 Å². The summed E-state index contributed by atoms with van der Waals surface area (Å²) in [6, 6.07) is 13.7. The second-order valence-corrected chi connectivity index (χ2v) is 6.23. The van der Waals surface area contributed by atoms with Crippen molar-refractivity contribution in [3.63, 3.8) is 0 Å². The van der Waals surface area contributed by atoms with Crippen molar-refractivity contribution in [1.82, 2.24) is 15.2 Å². The zero-order valence-corrected chi connectivity index (χ0v) is 14.2. The summed E-state index contributed by atoms with van der Waals surface area (Å²) in [5.74, 6) is 1.54. The first kappa shape index (κ1) is 15.7. The number of hydrogen-bond acceptors (Lipinski definition) is 3. The van der Waals surface area contributed by atoms with Crippen LogP contribution in [-0.2, 0) is 0 Å². The molecular formula is C20H16ClN3O. The van der Waals surface area contributed by atoms with Crippen molar-refractivity contribution in [3.05, 3.63) is 77.8 Å². The van der Waals surface area contributed by atoms with Crippen LogP contribution < -0.4 is 4.74 Å². The van der Waals surface area contributed by atoms with Crippen molar-refractivity contribution in [2.75, 3.05) is 0 Å². The number of nitrogens with zero attached hydrogens (tertiary/aromatic N) is 2. The smallest absolute Gasteiger partial charge is 0.136 e. The van der Waals surface area contributed by atoms with E-state index in [1.54, 1.807) is 12.4 Å². The molecule has 0 bridgehead atoms. The number of benzene rings is 1. The van der Waals surface area contributed by atoms with E-state index in [1.807, 2.05) is 48.5 Å². The van der Waals surface area contributed by atoms with Gasteiger partial charge in [0.25, 0.3) is 0 Å². The minimum atomic E-state index is 0.762. The lowest BCUT2D eigenvalue weighted by Crippen LogP contribution is -1.98. The normalized spacial score (nSPS) is 14.0. The number of aromatic amines is 1. The highest BCUT2D eigenvalue weighted by Gasteiger charge is 2.13. The van der Waals surface area contributed by atoms with Crippen LogP contribution in [0.15, 0.2) is 77.8 Å². The van der Waals surface area contributed by atoms with Crippen molar-refractivity contribution in [2.45, 2.75) is 12.8 Å². The fourth-order valence-electron chi connectivity index (χ4n) is 2.74. The Balaban J connectivity index is 1.66. The lowest BCUT2D eigenvalue weighted by Gasteiger charge is -2.13. The summed E-state index contributed by atoms with van der Waals surface area (Å²) in [6.07, 6.45) is 9.22. The Hall–Kier alpha value is -2.85. The molecule has 25 heavy (non-hydrogen) atoms. The summed E-state index contributed by atoms with van der Waals surface area (Å²) in [4.78, 5) is 4.14. The fraction of sp³-hybridized carbons (Fsp3) is 0.100. The van der Waals surface area contributed by atoms with E-state index in [1.165, 1.54) is 0 Å². The third-order valence-corrected chi connectivity index (χ3v) is 4.27. The van der Waals surface area contributed by atoms with Crippen molar-refractivity contribution < 1.29 is 4.74 Å². The van der Waals surface area contributed by atoms with Gasteiger partial charge in [0, 0.05) is 28.6 Å². The summed E-state index contributed by atoms with van der Waals surface area (Å²) >= 11 is 6.12. The molecule has 0 fully saturated rings. The number of ether oxygens (including phenoxy) is 1. The summed E-state index contributed by atoms with van der Waals surface area (Å²) < 4.78 is 6.07. The number of pyridine rings is 1. The van der Waals surface area contributed by atoms with Crippen molar-refractivity contribution >= 4 is 11.6 Å². The average molecular weight is 350 g/mol. The molecule has 1 aliphatic carbocycles. The van der Waals surface area contributed by atoms with E-state index in [0.717, 1.165) is 51.9 Å². The lowest BCUT2D eigenvalue weighted by atomic mass is 10.1. The zero-order chi connectivity index (χ0) is 17.1. The van der Waals surface area contributed by atoms with Crippen LogP contribution in [0.3, 0.4) is 0 Å². The standard InChI is InChI=1S/C20H16ClN3O/c21-15-6-3-7-16(11-15)25-20-9-2-1-8-17(20)19-12-18(23-24-19)14-5-4-10-22-13-14/h1-2,4-5,7-13H,3,6H2,(H,23,24). The van der Waals surface area contributed by atoms with Gasteiger partial charge in [0.2, 0.25) is 0 Å². The Morgan fingerprint density at radius 2 is 2.04 bits per heavy atom. The van der Waals surface area contributed by atoms with Gasteiger partial charge in [-0.2, -0.15) is 5.10 Å². The van der Waals surface area contributed by atoms with Crippen molar-refractivity contribution in [1.29, 1.82) is 0 Å². The molecule has 0 spiro atoms. The molecule has 0 saturated carbocycles. The van der Waals surface area contributed by atoms with Crippen LogP contribution in [0, 0.1) is 0 Å². The maximum Gasteiger partial charge on any atom is 0.136 e. The molecule has 1 aromatic carbocycles. The van der Waals surface area contributed by atoms with Crippen LogP contribution in [0.1, 0.15) is 12.8 Å². The van der Waals surface area contributed by atoms with Crippen LogP contribution in [-0.4, -0.2) is 15.2 Å². The summed E-state index contributed by atoms with van der Waals surface area (Å²) in [6.45, 7) is 0. The minimum Gasteiger partial charge on any atom is -0.457 e. The van der Waals surface area contributed by atoms with Gasteiger partial charge in [-0.3, -0.25) is 10.1 Å². The predicted molar refractivity (Wildman–Crippen MR) is 99.1 cm³/mol. The van der Waals surface area contributed by atoms with E-state index in [0.29, 0.717) is 0 Å². The first-order chi connectivity index (χ1) is 12.3. The van der Waals surface area contributed by atoms with Crippen LogP contribution in [0.5, 0.6) is 5.75 Å². The fourth-order valence-corrected chi connectivity index (χ4v) is 2.95. The molecule has 3 aromatic rings. The number of hydrogen-bond donors (Lipinski definition) is 1. The van der Waals surface area contributed by atoms with Gasteiger partial charge in [-0.25, -0.2) is 0 Å². The largest absolute Gasteiger partial charge is 0.457 e. The molecule has 2 heterocycles. The number of H-pyrrole nitrogens is 1. The molecule has 0 saturated heterocycles. The summed E-state index contributed by atoms with van der Waals surface area (Å²) in [7, 11) is 0. The Kier molecular flexibility index (Phi) is 4.36. The number of allylic oxidation sites excluding steroid dienone is 3. The predicted octanol–water partition coefficient (Wildman–Crippen LogP) is 5.32. The molecule has 0 unspecified atom stereocenters. The monoisotopic (exact) mass is 349 g/mol. The van der Waals surface area contributed by atoms with E-state index >= 15 is 0 Å². The highest BCUT2D eigenvalue weighted by molar-refractivity contribution is 6.29. The van der Waals surface area contributed by atoms with Gasteiger partial charge >= 0.3 is 0 Å². The van der Waals surface area contributed by atoms with Crippen LogP contribution in [0.2, 0.25) is 0 Å². The van der Waals surface area contributed by atoms with Gasteiger partial charge in [0.15, 0.2) is 0 Å². The molecular weight excluding hydrogens is 334 g/mol. The van der Waals surface area contributed by atoms with Crippen LogP contribution in [0.4, 0.5) is 0 Å². The SMILES string of the molecule is ClC1=CC(Oc2ccccc2-c2cc(-c3cccnc3)n[nH]2)=CCC1. The average Bonchev–Trinajstić information content (AvgIpc) is 3.13. The van der Waals surface area contributed by atoms with Gasteiger partial charge in [-0.15, -0.1) is 0 Å². The molecule has 0 aliphatic heterocycles. The summed E-state index contributed by atoms with van der Waals surface area (Å²) in [5, 5.41) is 8.30. The Morgan fingerprint density at radius 3 is 2.88 bits per heavy atom. The quantitative estimate of drug-likeness (QED) is 0.693. The van der Waals surface area contributed by atoms with E-state index in [4.69, 9.17) is 16.3 Å². The molecule has 124 valence electrons. The summed E-state index contributed by atoms with van der Waals surface area (Å²) in [5.41, 5.74) is 3.65. The molecule has 0 atom stereocenters. The highest BCUT2D eigenvalue weighted by atomic mass is 35.5. The molecule has 4 nitrogen and oxygen atoms in total. The number of aromatic nitrogens is 3. The highest BCUT2D eigenvalue weighted by Crippen LogP contribution is 2.33. The maximum absolute atomic E-state index is 6.12. The number of para-hydroxylation sites is 1. The van der Waals surface area contributed by atoms with Crippen LogP contribution >= 0.6 is 11.6 Å². The van der Waals surface area contributed by atoms with E-state index in [9.17, 15) is 0 Å². The number of rotatable bonds is 4. The van der Waals surface area contributed by atoms with Gasteiger partial charge in [0.1, 0.15) is 11.5 Å². The Labute approximate surface area is 150 Å². The third kappa shape index (κ3) is 3.49.